The number of rotatable bonds is 9. The lowest BCUT2D eigenvalue weighted by atomic mass is 9.53. The van der Waals surface area contributed by atoms with E-state index in [2.05, 4.69) is 15.5 Å². The maximum absolute atomic E-state index is 13.0. The fourth-order valence-electron chi connectivity index (χ4n) is 9.16. The molecule has 4 aliphatic carbocycles. The van der Waals surface area contributed by atoms with Crippen molar-refractivity contribution in [2.45, 2.75) is 101 Å². The summed E-state index contributed by atoms with van der Waals surface area (Å²) in [6.45, 7) is 2.41. The number of hydrogen-bond donors (Lipinski definition) is 4. The van der Waals surface area contributed by atoms with Gasteiger partial charge in [-0.05, 0) is 92.4 Å². The zero-order chi connectivity index (χ0) is 29.4. The van der Waals surface area contributed by atoms with Gasteiger partial charge in [0, 0.05) is 36.7 Å². The highest BCUT2D eigenvalue weighted by Gasteiger charge is 2.51. The molecule has 4 bridgehead atoms. The molecule has 4 atom stereocenters. The van der Waals surface area contributed by atoms with Crippen molar-refractivity contribution in [3.05, 3.63) is 70.8 Å². The van der Waals surface area contributed by atoms with Gasteiger partial charge in [-0.2, -0.15) is 0 Å². The summed E-state index contributed by atoms with van der Waals surface area (Å²) in [4.78, 5) is 15.3. The second-order valence-electron chi connectivity index (χ2n) is 14.1. The number of hydrogen-bond acceptors (Lipinski definition) is 6. The van der Waals surface area contributed by atoms with Crippen molar-refractivity contribution in [1.82, 2.24) is 15.5 Å². The largest absolute Gasteiger partial charge is 0.395 e. The van der Waals surface area contributed by atoms with Gasteiger partial charge in [0.15, 0.2) is 6.29 Å². The quantitative estimate of drug-likeness (QED) is 0.330. The van der Waals surface area contributed by atoms with E-state index in [-0.39, 0.29) is 43.0 Å². The highest BCUT2D eigenvalue weighted by atomic mass is 16.7. The Morgan fingerprint density at radius 3 is 2.16 bits per heavy atom. The molecule has 2 heterocycles. The Labute approximate surface area is 255 Å². The molecule has 2 saturated heterocycles. The van der Waals surface area contributed by atoms with Crippen LogP contribution >= 0.6 is 0 Å². The second kappa shape index (κ2) is 12.5. The average molecular weight is 590 g/mol. The molecule has 232 valence electrons. The van der Waals surface area contributed by atoms with E-state index in [9.17, 15) is 15.0 Å². The number of amides is 2. The summed E-state index contributed by atoms with van der Waals surface area (Å²) >= 11 is 0. The Kier molecular flexibility index (Phi) is 8.49. The maximum atomic E-state index is 13.0. The molecule has 8 rings (SSSR count). The molecule has 6 fully saturated rings. The van der Waals surface area contributed by atoms with Crippen molar-refractivity contribution in [2.24, 2.45) is 17.8 Å². The summed E-state index contributed by atoms with van der Waals surface area (Å²) in [5.41, 5.74) is 3.94. The third-order valence-corrected chi connectivity index (χ3v) is 10.9. The molecular formula is C35H47N3O5. The van der Waals surface area contributed by atoms with Gasteiger partial charge in [0.25, 0.3) is 0 Å². The van der Waals surface area contributed by atoms with Gasteiger partial charge < -0.3 is 30.3 Å². The van der Waals surface area contributed by atoms with Crippen LogP contribution in [0.2, 0.25) is 0 Å². The lowest BCUT2D eigenvalue weighted by Crippen LogP contribution is -2.61. The summed E-state index contributed by atoms with van der Waals surface area (Å²) in [6, 6.07) is 16.3. The van der Waals surface area contributed by atoms with Gasteiger partial charge in [0.2, 0.25) is 0 Å². The third-order valence-electron chi connectivity index (χ3n) is 10.9. The Bertz CT molecular complexity index is 1220. The van der Waals surface area contributed by atoms with E-state index in [1.807, 2.05) is 48.5 Å². The second-order valence-corrected chi connectivity index (χ2v) is 14.1. The molecule has 2 aromatic carbocycles. The van der Waals surface area contributed by atoms with Gasteiger partial charge >= 0.3 is 6.03 Å². The molecule has 2 amide bonds. The molecule has 4 saturated carbocycles. The van der Waals surface area contributed by atoms with E-state index in [1.54, 1.807) is 0 Å². The first-order valence-corrected chi connectivity index (χ1v) is 16.5. The van der Waals surface area contributed by atoms with E-state index in [1.165, 1.54) is 19.3 Å². The molecular weight excluding hydrogens is 542 g/mol. The summed E-state index contributed by atoms with van der Waals surface area (Å²) in [7, 11) is 0. The van der Waals surface area contributed by atoms with Crippen molar-refractivity contribution >= 4 is 6.03 Å². The first-order valence-electron chi connectivity index (χ1n) is 16.5. The zero-order valence-electron chi connectivity index (χ0n) is 25.1. The number of aliphatic hydroxyl groups is 2. The number of nitrogens with zero attached hydrogens (tertiary/aromatic N) is 1. The lowest BCUT2D eigenvalue weighted by molar-refractivity contribution is -0.253. The number of ether oxygens (including phenoxy) is 2. The van der Waals surface area contributed by atoms with Crippen molar-refractivity contribution in [3.8, 4) is 0 Å². The summed E-state index contributed by atoms with van der Waals surface area (Å²) < 4.78 is 13.1. The highest BCUT2D eigenvalue weighted by molar-refractivity contribution is 5.75. The molecule has 8 nitrogen and oxygen atoms in total. The molecule has 0 radical (unpaired) electrons. The minimum atomic E-state index is -0.516. The lowest BCUT2D eigenvalue weighted by Gasteiger charge is -2.56. The van der Waals surface area contributed by atoms with Crippen molar-refractivity contribution in [3.63, 3.8) is 0 Å². The monoisotopic (exact) mass is 589 g/mol. The number of urea groups is 1. The van der Waals surface area contributed by atoms with Crippen LogP contribution in [-0.4, -0.2) is 58.5 Å². The number of carbonyl (C=O) groups excluding carboxylic acids is 1. The number of benzene rings is 2. The van der Waals surface area contributed by atoms with Crippen LogP contribution in [0.4, 0.5) is 4.79 Å². The summed E-state index contributed by atoms with van der Waals surface area (Å²) in [6.07, 6.45) is 9.68. The van der Waals surface area contributed by atoms with Crippen LogP contribution < -0.4 is 10.6 Å². The molecule has 0 aromatic heterocycles. The standard InChI is InChI=1S/C35H47N3O5/c39-21-24-5-7-28(8-6-24)32-15-31(20-38-11-1-2-30(38)22-40)42-33(43-32)29-9-3-23(4-10-29)19-36-34(41)37-35-16-25-12-26(17-35)14-27(13-25)18-35/h3-10,25-27,30-33,39-40H,1-2,11-22H2,(H2,36,37,41)/t25?,26?,27?,30-,31-,32+,33+,35?/m0/s1. The van der Waals surface area contributed by atoms with Gasteiger partial charge in [0.1, 0.15) is 0 Å². The van der Waals surface area contributed by atoms with E-state index in [4.69, 9.17) is 9.47 Å². The van der Waals surface area contributed by atoms with E-state index in [0.717, 1.165) is 91.6 Å². The Balaban J connectivity index is 0.988. The van der Waals surface area contributed by atoms with Gasteiger partial charge in [-0.1, -0.05) is 48.5 Å². The van der Waals surface area contributed by atoms with E-state index >= 15 is 0 Å². The van der Waals surface area contributed by atoms with Crippen LogP contribution in [0.3, 0.4) is 0 Å². The minimum absolute atomic E-state index is 0.0100. The topological polar surface area (TPSA) is 103 Å². The van der Waals surface area contributed by atoms with Gasteiger partial charge in [-0.3, -0.25) is 4.90 Å². The van der Waals surface area contributed by atoms with Gasteiger partial charge in [-0.25, -0.2) is 4.79 Å². The number of nitrogens with one attached hydrogen (secondary N) is 2. The highest BCUT2D eigenvalue weighted by Crippen LogP contribution is 2.55. The van der Waals surface area contributed by atoms with E-state index in [0.29, 0.717) is 6.54 Å². The fourth-order valence-corrected chi connectivity index (χ4v) is 9.16. The predicted octanol–water partition coefficient (Wildman–Crippen LogP) is 4.95. The molecule has 0 unspecified atom stereocenters. The Morgan fingerprint density at radius 1 is 0.860 bits per heavy atom. The van der Waals surface area contributed by atoms with Gasteiger partial charge in [-0.15, -0.1) is 0 Å². The smallest absolute Gasteiger partial charge is 0.315 e. The summed E-state index contributed by atoms with van der Waals surface area (Å²) in [5.74, 6) is 2.40. The number of likely N-dealkylation sites (tertiary alicyclic amines) is 1. The van der Waals surface area contributed by atoms with Crippen molar-refractivity contribution < 1.29 is 24.5 Å². The Morgan fingerprint density at radius 2 is 1.51 bits per heavy atom. The van der Waals surface area contributed by atoms with Gasteiger partial charge in [0.05, 0.1) is 25.4 Å². The summed E-state index contributed by atoms with van der Waals surface area (Å²) in [5, 5.41) is 25.9. The van der Waals surface area contributed by atoms with Crippen LogP contribution in [0.25, 0.3) is 0 Å². The van der Waals surface area contributed by atoms with Crippen molar-refractivity contribution in [2.75, 3.05) is 19.7 Å². The average Bonchev–Trinajstić information content (AvgIpc) is 3.46. The molecule has 4 N–H and O–H groups in total. The number of carbonyl (C=O) groups is 1. The third kappa shape index (κ3) is 6.50. The van der Waals surface area contributed by atoms with Crippen LogP contribution in [0.15, 0.2) is 48.5 Å². The first kappa shape index (κ1) is 29.2. The molecule has 0 spiro atoms. The fraction of sp³-hybridized carbons (Fsp3) is 0.629. The zero-order valence-corrected chi connectivity index (χ0v) is 25.1. The normalized spacial score (nSPS) is 35.3. The van der Waals surface area contributed by atoms with Crippen LogP contribution in [0.1, 0.15) is 92.4 Å². The molecule has 2 aliphatic heterocycles. The van der Waals surface area contributed by atoms with Crippen molar-refractivity contribution in [1.29, 1.82) is 0 Å². The van der Waals surface area contributed by atoms with Crippen LogP contribution in [0.5, 0.6) is 0 Å². The van der Waals surface area contributed by atoms with Crippen LogP contribution in [0, 0.1) is 17.8 Å². The minimum Gasteiger partial charge on any atom is -0.395 e. The molecule has 2 aromatic rings. The predicted molar refractivity (Wildman–Crippen MR) is 163 cm³/mol. The van der Waals surface area contributed by atoms with Crippen LogP contribution in [-0.2, 0) is 22.6 Å². The molecule has 8 heteroatoms. The SMILES string of the molecule is O=C(NCc1ccc([C@@H]2O[C@H](CN3CCC[C@H]3CO)C[C@H](c3ccc(CO)cc3)O2)cc1)NC12CC3CC(CC(C3)C1)C2. The molecule has 6 aliphatic rings. The maximum Gasteiger partial charge on any atom is 0.315 e. The first-order chi connectivity index (χ1) is 21.0. The van der Waals surface area contributed by atoms with E-state index < -0.39 is 6.29 Å². The number of aliphatic hydroxyl groups excluding tert-OH is 2. The molecule has 43 heavy (non-hydrogen) atoms. The Hall–Kier alpha value is -2.49.